The van der Waals surface area contributed by atoms with Gasteiger partial charge in [0.1, 0.15) is 34.7 Å². The van der Waals surface area contributed by atoms with Crippen molar-refractivity contribution in [2.24, 2.45) is 0 Å². The molecule has 0 amide bonds. The second kappa shape index (κ2) is 11.2. The van der Waals surface area contributed by atoms with Crippen molar-refractivity contribution >= 4 is 21.7 Å². The Labute approximate surface area is 219 Å². The van der Waals surface area contributed by atoms with Crippen molar-refractivity contribution in [3.8, 4) is 22.4 Å². The number of hydrogen-bond donors (Lipinski definition) is 0. The Morgan fingerprint density at radius 1 is 1.03 bits per heavy atom. The number of aryl methyl sites for hydroxylation is 1. The molecular weight excluding hydrogens is 547 g/mol. The molecule has 4 aromatic rings. The Balaban J connectivity index is 1.95. The minimum atomic E-state index is -5.11. The molecule has 204 valence electrons. The number of carbonyl (C=O) groups is 1. The first-order valence-corrected chi connectivity index (χ1v) is 12.6. The molecule has 0 radical (unpaired) electrons. The highest BCUT2D eigenvalue weighted by atomic mass is 32.2. The number of sulfonamides is 1. The lowest BCUT2D eigenvalue weighted by Crippen LogP contribution is -2.35. The zero-order valence-electron chi connectivity index (χ0n) is 20.1. The van der Waals surface area contributed by atoms with Crippen LogP contribution in [0.2, 0.25) is 0 Å². The van der Waals surface area contributed by atoms with Gasteiger partial charge in [0.2, 0.25) is 0 Å². The summed E-state index contributed by atoms with van der Waals surface area (Å²) in [6.07, 6.45) is 4.18. The molecule has 4 rings (SSSR count). The molecule has 0 fully saturated rings. The monoisotopic (exact) mass is 566 g/mol. The van der Waals surface area contributed by atoms with Crippen LogP contribution in [0.1, 0.15) is 6.92 Å². The van der Waals surface area contributed by atoms with E-state index in [-0.39, 0.29) is 22.1 Å². The summed E-state index contributed by atoms with van der Waals surface area (Å²) in [6.45, 7) is -1.29. The van der Waals surface area contributed by atoms with Crippen LogP contribution < -0.4 is 4.31 Å². The smallest absolute Gasteiger partial charge is 0.304 e. The second-order valence-corrected chi connectivity index (χ2v) is 9.86. The summed E-state index contributed by atoms with van der Waals surface area (Å²) in [6, 6.07) is 6.10. The number of rotatable bonds is 9. The van der Waals surface area contributed by atoms with Crippen LogP contribution in [0, 0.1) is 23.3 Å². The predicted molar refractivity (Wildman–Crippen MR) is 129 cm³/mol. The highest BCUT2D eigenvalue weighted by molar-refractivity contribution is 7.92. The molecule has 2 aromatic heterocycles. The van der Waals surface area contributed by atoms with E-state index in [1.165, 1.54) is 30.7 Å². The molecule has 0 N–H and O–H groups in total. The Morgan fingerprint density at radius 2 is 1.72 bits per heavy atom. The maximum Gasteiger partial charge on any atom is 0.304 e. The number of carbonyl (C=O) groups excluding carboxylic acids is 1. The van der Waals surface area contributed by atoms with Crippen molar-refractivity contribution in [3.63, 3.8) is 0 Å². The van der Waals surface area contributed by atoms with Gasteiger partial charge in [-0.2, -0.15) is 5.10 Å². The standard InChI is InChI=1S/C25H19F5N4O4S/c1-15(35)38-14-34(39(36,37)22-12-17(27)2-3-19(22)28)21-5-4-20(29)23(24(21)30)25-18(13-33(32-25)11-8-26)16-6-9-31-10-7-16/h2-7,9-10,12-13H,8,11,14H2,1H3. The number of hydrogen-bond acceptors (Lipinski definition) is 6. The lowest BCUT2D eigenvalue weighted by atomic mass is 10.0. The second-order valence-electron chi connectivity index (χ2n) is 8.03. The first-order valence-electron chi connectivity index (χ1n) is 11.2. The van der Waals surface area contributed by atoms with Gasteiger partial charge in [-0.1, -0.05) is 0 Å². The van der Waals surface area contributed by atoms with E-state index in [0.717, 1.165) is 23.7 Å². The normalized spacial score (nSPS) is 11.4. The fraction of sp³-hybridized carbons (Fsp3) is 0.160. The van der Waals surface area contributed by atoms with Crippen LogP contribution >= 0.6 is 0 Å². The van der Waals surface area contributed by atoms with E-state index in [1.807, 2.05) is 0 Å². The van der Waals surface area contributed by atoms with Crippen molar-refractivity contribution in [3.05, 3.63) is 84.3 Å². The fourth-order valence-corrected chi connectivity index (χ4v) is 5.12. The van der Waals surface area contributed by atoms with Crippen molar-refractivity contribution < 1.29 is 39.9 Å². The van der Waals surface area contributed by atoms with Gasteiger partial charge in [0.25, 0.3) is 10.0 Å². The van der Waals surface area contributed by atoms with Gasteiger partial charge in [-0.05, 0) is 48.0 Å². The zero-order valence-corrected chi connectivity index (χ0v) is 20.9. The van der Waals surface area contributed by atoms with E-state index >= 15 is 8.78 Å². The van der Waals surface area contributed by atoms with E-state index in [2.05, 4.69) is 10.1 Å². The number of esters is 1. The molecule has 0 bridgehead atoms. The maximum atomic E-state index is 16.1. The van der Waals surface area contributed by atoms with Gasteiger partial charge >= 0.3 is 5.97 Å². The van der Waals surface area contributed by atoms with Gasteiger partial charge in [0.05, 0.1) is 17.8 Å². The van der Waals surface area contributed by atoms with Crippen LogP contribution in [0.25, 0.3) is 22.4 Å². The number of ether oxygens (including phenoxy) is 1. The molecule has 0 saturated carbocycles. The Kier molecular flexibility index (Phi) is 7.95. The number of benzene rings is 2. The largest absolute Gasteiger partial charge is 0.443 e. The van der Waals surface area contributed by atoms with E-state index in [9.17, 15) is 26.4 Å². The molecule has 39 heavy (non-hydrogen) atoms. The summed E-state index contributed by atoms with van der Waals surface area (Å²) in [4.78, 5) is 14.2. The molecule has 14 heteroatoms. The molecular formula is C25H19F5N4O4S. The van der Waals surface area contributed by atoms with Crippen molar-refractivity contribution in [2.75, 3.05) is 17.7 Å². The molecule has 0 aliphatic rings. The lowest BCUT2D eigenvalue weighted by molar-refractivity contribution is -0.140. The maximum absolute atomic E-state index is 16.1. The minimum Gasteiger partial charge on any atom is -0.443 e. The Morgan fingerprint density at radius 3 is 2.38 bits per heavy atom. The van der Waals surface area contributed by atoms with Gasteiger partial charge in [-0.25, -0.2) is 34.7 Å². The van der Waals surface area contributed by atoms with E-state index in [0.29, 0.717) is 23.8 Å². The highest BCUT2D eigenvalue weighted by Gasteiger charge is 2.33. The number of aromatic nitrogens is 3. The van der Waals surface area contributed by atoms with E-state index in [4.69, 9.17) is 4.74 Å². The van der Waals surface area contributed by atoms with Crippen LogP contribution in [-0.2, 0) is 26.1 Å². The number of anilines is 1. The first kappa shape index (κ1) is 27.7. The number of pyridine rings is 1. The average Bonchev–Trinajstić information content (AvgIpc) is 3.30. The van der Waals surface area contributed by atoms with Gasteiger partial charge < -0.3 is 4.74 Å². The summed E-state index contributed by atoms with van der Waals surface area (Å²) in [5.41, 5.74) is -1.35. The fourth-order valence-electron chi connectivity index (χ4n) is 3.71. The van der Waals surface area contributed by atoms with Crippen LogP contribution in [0.15, 0.2) is 66.0 Å². The summed E-state index contributed by atoms with van der Waals surface area (Å²) in [5.74, 6) is -6.07. The quantitative estimate of drug-likeness (QED) is 0.163. The Hall–Kier alpha value is -4.33. The van der Waals surface area contributed by atoms with Gasteiger partial charge in [-0.3, -0.25) is 14.5 Å². The highest BCUT2D eigenvalue weighted by Crippen LogP contribution is 2.39. The van der Waals surface area contributed by atoms with E-state index in [1.54, 1.807) is 0 Å². The summed E-state index contributed by atoms with van der Waals surface area (Å²) >= 11 is 0. The van der Waals surface area contributed by atoms with Crippen LogP contribution in [0.4, 0.5) is 27.6 Å². The van der Waals surface area contributed by atoms with Gasteiger partial charge in [0, 0.05) is 31.1 Å². The molecule has 0 unspecified atom stereocenters. The molecule has 2 aromatic carbocycles. The average molecular weight is 567 g/mol. The molecule has 0 aliphatic carbocycles. The number of nitrogens with zero attached hydrogens (tertiary/aromatic N) is 4. The molecule has 2 heterocycles. The summed E-state index contributed by atoms with van der Waals surface area (Å²) in [5, 5.41) is 4.10. The number of halogens is 5. The zero-order chi connectivity index (χ0) is 28.3. The molecule has 0 saturated heterocycles. The SMILES string of the molecule is CC(=O)OCN(c1ccc(F)c(-c2nn(CCF)cc2-c2ccncc2)c1F)S(=O)(=O)c1cc(F)ccc1F. The van der Waals surface area contributed by atoms with Crippen molar-refractivity contribution in [1.29, 1.82) is 0 Å². The summed E-state index contributed by atoms with van der Waals surface area (Å²) < 4.78 is 105. The van der Waals surface area contributed by atoms with Gasteiger partial charge in [0.15, 0.2) is 12.5 Å². The molecule has 0 atom stereocenters. The molecule has 0 aliphatic heterocycles. The third kappa shape index (κ3) is 5.60. The summed E-state index contributed by atoms with van der Waals surface area (Å²) in [7, 11) is -5.11. The molecule has 0 spiro atoms. The molecule has 8 nitrogen and oxygen atoms in total. The number of alkyl halides is 1. The lowest BCUT2D eigenvalue weighted by Gasteiger charge is -2.25. The van der Waals surface area contributed by atoms with Crippen LogP contribution in [-0.4, -0.2) is 42.6 Å². The third-order valence-corrected chi connectivity index (χ3v) is 7.24. The van der Waals surface area contributed by atoms with E-state index < -0.39 is 68.8 Å². The Bertz CT molecular complexity index is 1630. The van der Waals surface area contributed by atoms with Crippen molar-refractivity contribution in [1.82, 2.24) is 14.8 Å². The van der Waals surface area contributed by atoms with Crippen molar-refractivity contribution in [2.45, 2.75) is 18.4 Å². The van der Waals surface area contributed by atoms with Gasteiger partial charge in [-0.15, -0.1) is 0 Å². The van der Waals surface area contributed by atoms with Crippen LogP contribution in [0.3, 0.4) is 0 Å². The van der Waals surface area contributed by atoms with Crippen LogP contribution in [0.5, 0.6) is 0 Å². The topological polar surface area (TPSA) is 94.4 Å². The third-order valence-electron chi connectivity index (χ3n) is 5.49. The first-order chi connectivity index (χ1) is 18.5. The predicted octanol–water partition coefficient (Wildman–Crippen LogP) is 4.85. The minimum absolute atomic E-state index is 0.162.